The number of hydrogen-bond acceptors (Lipinski definition) is 3. The Hall–Kier alpha value is -1.58. The number of nitrogens with one attached hydrogen (secondary N) is 2. The Labute approximate surface area is 127 Å². The van der Waals surface area contributed by atoms with Crippen molar-refractivity contribution in [1.82, 2.24) is 10.3 Å². The van der Waals surface area contributed by atoms with Gasteiger partial charge in [0.25, 0.3) is 5.91 Å². The van der Waals surface area contributed by atoms with Gasteiger partial charge in [-0.15, -0.1) is 0 Å². The van der Waals surface area contributed by atoms with Crippen molar-refractivity contribution in [3.63, 3.8) is 0 Å². The minimum Gasteiger partial charge on any atom is -0.370 e. The lowest BCUT2D eigenvalue weighted by Gasteiger charge is -2.32. The number of nitrogens with zero attached hydrogens (tertiary/aromatic N) is 1. The molecule has 0 spiro atoms. The molecule has 4 nitrogen and oxygen atoms in total. The van der Waals surface area contributed by atoms with Crippen LogP contribution in [0.4, 0.5) is 5.82 Å². The molecule has 1 aromatic rings. The number of carbonyl (C=O) groups is 1. The Kier molecular flexibility index (Phi) is 5.59. The van der Waals surface area contributed by atoms with Gasteiger partial charge in [0.1, 0.15) is 5.82 Å². The molecule has 1 fully saturated rings. The standard InChI is InChI=1S/C17H27N3O/c1-4-9-18-16-8-6-14(11-19-16)17(21)20-15-7-5-12(2)13(3)10-15/h6,8,11-13,15H,4-5,7,9-10H2,1-3H3,(H,18,19)(H,20,21). The second kappa shape index (κ2) is 7.43. The summed E-state index contributed by atoms with van der Waals surface area (Å²) in [5.41, 5.74) is 0.642. The zero-order valence-electron chi connectivity index (χ0n) is 13.4. The van der Waals surface area contributed by atoms with Crippen LogP contribution >= 0.6 is 0 Å². The van der Waals surface area contributed by atoms with E-state index in [1.54, 1.807) is 6.20 Å². The Balaban J connectivity index is 1.88. The third kappa shape index (κ3) is 4.45. The quantitative estimate of drug-likeness (QED) is 0.873. The summed E-state index contributed by atoms with van der Waals surface area (Å²) in [5, 5.41) is 6.36. The second-order valence-electron chi connectivity index (χ2n) is 6.30. The lowest BCUT2D eigenvalue weighted by Crippen LogP contribution is -2.39. The molecule has 0 aromatic carbocycles. The van der Waals surface area contributed by atoms with Gasteiger partial charge in [-0.25, -0.2) is 4.98 Å². The van der Waals surface area contributed by atoms with E-state index in [1.807, 2.05) is 12.1 Å². The fourth-order valence-corrected chi connectivity index (χ4v) is 2.83. The van der Waals surface area contributed by atoms with E-state index in [0.29, 0.717) is 17.5 Å². The molecule has 1 saturated carbocycles. The number of aromatic nitrogens is 1. The first-order valence-corrected chi connectivity index (χ1v) is 8.11. The second-order valence-corrected chi connectivity index (χ2v) is 6.30. The highest BCUT2D eigenvalue weighted by Gasteiger charge is 2.25. The molecule has 4 heteroatoms. The molecule has 1 aliphatic carbocycles. The number of anilines is 1. The van der Waals surface area contributed by atoms with Gasteiger partial charge in [0.15, 0.2) is 0 Å². The SMILES string of the molecule is CCCNc1ccc(C(=O)NC2CCC(C)C(C)C2)cn1. The third-order valence-corrected chi connectivity index (χ3v) is 4.52. The van der Waals surface area contributed by atoms with Crippen LogP contribution < -0.4 is 10.6 Å². The summed E-state index contributed by atoms with van der Waals surface area (Å²) < 4.78 is 0. The fraction of sp³-hybridized carbons (Fsp3) is 0.647. The van der Waals surface area contributed by atoms with Gasteiger partial charge in [-0.1, -0.05) is 20.8 Å². The Morgan fingerprint density at radius 1 is 1.29 bits per heavy atom. The first-order chi connectivity index (χ1) is 10.1. The zero-order chi connectivity index (χ0) is 15.2. The van der Waals surface area contributed by atoms with E-state index in [9.17, 15) is 4.79 Å². The van der Waals surface area contributed by atoms with Crippen molar-refractivity contribution >= 4 is 11.7 Å². The number of amides is 1. The lowest BCUT2D eigenvalue weighted by atomic mass is 9.79. The van der Waals surface area contributed by atoms with Gasteiger partial charge >= 0.3 is 0 Å². The maximum Gasteiger partial charge on any atom is 0.253 e. The third-order valence-electron chi connectivity index (χ3n) is 4.52. The van der Waals surface area contributed by atoms with E-state index in [0.717, 1.165) is 37.5 Å². The van der Waals surface area contributed by atoms with Crippen LogP contribution in [0.25, 0.3) is 0 Å². The predicted octanol–water partition coefficient (Wildman–Crippen LogP) is 3.46. The summed E-state index contributed by atoms with van der Waals surface area (Å²) in [4.78, 5) is 16.5. The van der Waals surface area contributed by atoms with Gasteiger partial charge in [-0.2, -0.15) is 0 Å². The maximum absolute atomic E-state index is 12.3. The fourth-order valence-electron chi connectivity index (χ4n) is 2.83. The molecule has 3 atom stereocenters. The molecule has 21 heavy (non-hydrogen) atoms. The largest absolute Gasteiger partial charge is 0.370 e. The molecule has 1 heterocycles. The van der Waals surface area contributed by atoms with Gasteiger partial charge in [-0.05, 0) is 49.7 Å². The van der Waals surface area contributed by atoms with Crippen molar-refractivity contribution in [2.24, 2.45) is 11.8 Å². The van der Waals surface area contributed by atoms with E-state index in [1.165, 1.54) is 6.42 Å². The molecule has 1 aliphatic rings. The highest BCUT2D eigenvalue weighted by Crippen LogP contribution is 2.29. The summed E-state index contributed by atoms with van der Waals surface area (Å²) in [7, 11) is 0. The molecule has 116 valence electrons. The molecule has 0 radical (unpaired) electrons. The van der Waals surface area contributed by atoms with Crippen molar-refractivity contribution < 1.29 is 4.79 Å². The first-order valence-electron chi connectivity index (χ1n) is 8.11. The van der Waals surface area contributed by atoms with Crippen LogP contribution in [-0.2, 0) is 0 Å². The van der Waals surface area contributed by atoms with Crippen LogP contribution in [0.2, 0.25) is 0 Å². The van der Waals surface area contributed by atoms with Crippen molar-refractivity contribution in [2.45, 2.75) is 52.5 Å². The molecule has 3 unspecified atom stereocenters. The van der Waals surface area contributed by atoms with Crippen LogP contribution in [0.1, 0.15) is 56.8 Å². The van der Waals surface area contributed by atoms with Crippen LogP contribution in [-0.4, -0.2) is 23.5 Å². The molecule has 0 saturated heterocycles. The van der Waals surface area contributed by atoms with Crippen LogP contribution in [0.5, 0.6) is 0 Å². The molecule has 2 rings (SSSR count). The van der Waals surface area contributed by atoms with Crippen molar-refractivity contribution in [3.8, 4) is 0 Å². The smallest absolute Gasteiger partial charge is 0.253 e. The van der Waals surface area contributed by atoms with Gasteiger partial charge in [0.2, 0.25) is 0 Å². The lowest BCUT2D eigenvalue weighted by molar-refractivity contribution is 0.0910. The summed E-state index contributed by atoms with van der Waals surface area (Å²) in [6.07, 6.45) is 6.08. The molecular formula is C17H27N3O. The summed E-state index contributed by atoms with van der Waals surface area (Å²) >= 11 is 0. The predicted molar refractivity (Wildman–Crippen MR) is 86.5 cm³/mol. The Morgan fingerprint density at radius 2 is 2.10 bits per heavy atom. The van der Waals surface area contributed by atoms with Gasteiger partial charge in [0.05, 0.1) is 5.56 Å². The molecule has 0 bridgehead atoms. The number of carbonyl (C=O) groups excluding carboxylic acids is 1. The maximum atomic E-state index is 12.3. The van der Waals surface area contributed by atoms with Gasteiger partial charge < -0.3 is 10.6 Å². The van der Waals surface area contributed by atoms with Crippen LogP contribution in [0.3, 0.4) is 0 Å². The summed E-state index contributed by atoms with van der Waals surface area (Å²) in [6.45, 7) is 7.59. The van der Waals surface area contributed by atoms with Gasteiger partial charge in [-0.3, -0.25) is 4.79 Å². The van der Waals surface area contributed by atoms with Crippen molar-refractivity contribution in [3.05, 3.63) is 23.9 Å². The first kappa shape index (κ1) is 15.8. The average Bonchev–Trinajstić information content (AvgIpc) is 2.49. The molecule has 1 amide bonds. The Bertz CT molecular complexity index is 458. The van der Waals surface area contributed by atoms with Crippen LogP contribution in [0.15, 0.2) is 18.3 Å². The van der Waals surface area contributed by atoms with E-state index in [-0.39, 0.29) is 5.91 Å². The van der Waals surface area contributed by atoms with Crippen molar-refractivity contribution in [1.29, 1.82) is 0 Å². The van der Waals surface area contributed by atoms with E-state index < -0.39 is 0 Å². The average molecular weight is 289 g/mol. The van der Waals surface area contributed by atoms with Gasteiger partial charge in [0, 0.05) is 18.8 Å². The molecule has 0 aliphatic heterocycles. The summed E-state index contributed by atoms with van der Waals surface area (Å²) in [6, 6.07) is 4.02. The molecular weight excluding hydrogens is 262 g/mol. The molecule has 2 N–H and O–H groups in total. The molecule has 1 aromatic heterocycles. The Morgan fingerprint density at radius 3 is 2.71 bits per heavy atom. The summed E-state index contributed by atoms with van der Waals surface area (Å²) in [5.74, 6) is 2.27. The number of rotatable bonds is 5. The van der Waals surface area contributed by atoms with E-state index in [4.69, 9.17) is 0 Å². The van der Waals surface area contributed by atoms with E-state index in [2.05, 4.69) is 36.4 Å². The number of pyridine rings is 1. The normalized spacial score (nSPS) is 25.4. The number of hydrogen-bond donors (Lipinski definition) is 2. The van der Waals surface area contributed by atoms with Crippen molar-refractivity contribution in [2.75, 3.05) is 11.9 Å². The highest BCUT2D eigenvalue weighted by molar-refractivity contribution is 5.94. The minimum absolute atomic E-state index is 0.00343. The minimum atomic E-state index is -0.00343. The monoisotopic (exact) mass is 289 g/mol. The topological polar surface area (TPSA) is 54.0 Å². The zero-order valence-corrected chi connectivity index (χ0v) is 13.4. The van der Waals surface area contributed by atoms with E-state index >= 15 is 0 Å². The van der Waals surface area contributed by atoms with Crippen LogP contribution in [0, 0.1) is 11.8 Å². The highest BCUT2D eigenvalue weighted by atomic mass is 16.1.